The van der Waals surface area contributed by atoms with Crippen LogP contribution >= 0.6 is 0 Å². The van der Waals surface area contributed by atoms with E-state index in [9.17, 15) is 13.2 Å². The van der Waals surface area contributed by atoms with Gasteiger partial charge in [0.15, 0.2) is 0 Å². The fourth-order valence-electron chi connectivity index (χ4n) is 2.37. The largest absolute Gasteiger partial charge is 0.494 e. The first-order valence-electron chi connectivity index (χ1n) is 8.36. The molecule has 0 aliphatic rings. The van der Waals surface area contributed by atoms with Crippen LogP contribution in [-0.4, -0.2) is 39.4 Å². The highest BCUT2D eigenvalue weighted by atomic mass is 32.2. The molecule has 26 heavy (non-hydrogen) atoms. The Morgan fingerprint density at radius 2 is 1.96 bits per heavy atom. The van der Waals surface area contributed by atoms with Crippen LogP contribution in [0.3, 0.4) is 0 Å². The average molecular weight is 380 g/mol. The van der Waals surface area contributed by atoms with Crippen LogP contribution in [0.5, 0.6) is 5.75 Å². The summed E-state index contributed by atoms with van der Waals surface area (Å²) in [7, 11) is -2.01. The number of rotatable bonds is 9. The van der Waals surface area contributed by atoms with Crippen molar-refractivity contribution < 1.29 is 22.4 Å². The van der Waals surface area contributed by atoms with Gasteiger partial charge in [0.1, 0.15) is 11.5 Å². The van der Waals surface area contributed by atoms with Crippen molar-refractivity contribution in [1.82, 2.24) is 9.62 Å². The lowest BCUT2D eigenvalue weighted by Crippen LogP contribution is -2.33. The number of amides is 1. The molecule has 1 atom stereocenters. The highest BCUT2D eigenvalue weighted by Gasteiger charge is 2.20. The number of carbonyl (C=O) groups excluding carboxylic acids is 1. The molecule has 2 aromatic rings. The molecule has 1 aromatic carbocycles. The molecule has 0 saturated carbocycles. The molecule has 0 bridgehead atoms. The minimum atomic E-state index is -3.67. The molecule has 142 valence electrons. The Morgan fingerprint density at radius 1 is 1.27 bits per heavy atom. The van der Waals surface area contributed by atoms with Crippen molar-refractivity contribution in [3.63, 3.8) is 0 Å². The number of hydrogen-bond acceptors (Lipinski definition) is 5. The highest BCUT2D eigenvalue weighted by Crippen LogP contribution is 2.19. The standard InChI is InChI=1S/C18H24N2O5S/c1-4-24-15-7-9-16(10-8-15)26(22,23)19-12-11-18(21)20(3)14(2)17-6-5-13-25-17/h5-10,13-14,19H,4,11-12H2,1-3H3. The number of nitrogens with one attached hydrogen (secondary N) is 1. The maximum absolute atomic E-state index is 12.3. The number of carbonyl (C=O) groups is 1. The van der Waals surface area contributed by atoms with E-state index >= 15 is 0 Å². The van der Waals surface area contributed by atoms with Crippen LogP contribution in [0.2, 0.25) is 0 Å². The maximum Gasteiger partial charge on any atom is 0.240 e. The molecule has 8 heteroatoms. The number of nitrogens with zero attached hydrogens (tertiary/aromatic N) is 1. The Bertz CT molecular complexity index is 801. The van der Waals surface area contributed by atoms with Gasteiger partial charge in [-0.3, -0.25) is 4.79 Å². The van der Waals surface area contributed by atoms with Gasteiger partial charge in [0.05, 0.1) is 23.8 Å². The van der Waals surface area contributed by atoms with E-state index in [0.29, 0.717) is 18.1 Å². The van der Waals surface area contributed by atoms with Gasteiger partial charge in [-0.2, -0.15) is 0 Å². The molecule has 2 rings (SSSR count). The van der Waals surface area contributed by atoms with Gasteiger partial charge in [-0.15, -0.1) is 0 Å². The van der Waals surface area contributed by atoms with Crippen molar-refractivity contribution in [3.8, 4) is 5.75 Å². The van der Waals surface area contributed by atoms with Gasteiger partial charge in [0.2, 0.25) is 15.9 Å². The summed E-state index contributed by atoms with van der Waals surface area (Å²) in [5.74, 6) is 1.11. The van der Waals surface area contributed by atoms with Gasteiger partial charge in [-0.05, 0) is 50.2 Å². The van der Waals surface area contributed by atoms with Crippen molar-refractivity contribution in [2.45, 2.75) is 31.2 Å². The molecular weight excluding hydrogens is 356 g/mol. The number of benzene rings is 1. The Balaban J connectivity index is 1.88. The van der Waals surface area contributed by atoms with Crippen LogP contribution in [0.1, 0.15) is 32.1 Å². The van der Waals surface area contributed by atoms with Gasteiger partial charge < -0.3 is 14.1 Å². The minimum absolute atomic E-state index is 0.0175. The lowest BCUT2D eigenvalue weighted by atomic mass is 10.2. The highest BCUT2D eigenvalue weighted by molar-refractivity contribution is 7.89. The number of ether oxygens (including phenoxy) is 1. The van der Waals surface area contributed by atoms with E-state index in [1.165, 1.54) is 17.0 Å². The summed E-state index contributed by atoms with van der Waals surface area (Å²) >= 11 is 0. The number of furan rings is 1. The zero-order valence-electron chi connectivity index (χ0n) is 15.1. The van der Waals surface area contributed by atoms with Crippen LogP contribution in [0.15, 0.2) is 52.0 Å². The molecule has 0 saturated heterocycles. The second-order valence-electron chi connectivity index (χ2n) is 5.75. The van der Waals surface area contributed by atoms with Crippen molar-refractivity contribution in [1.29, 1.82) is 0 Å². The summed E-state index contributed by atoms with van der Waals surface area (Å²) in [5.41, 5.74) is 0. The molecule has 0 aliphatic heterocycles. The molecule has 1 amide bonds. The van der Waals surface area contributed by atoms with Gasteiger partial charge in [0, 0.05) is 20.0 Å². The number of hydrogen-bond donors (Lipinski definition) is 1. The quantitative estimate of drug-likeness (QED) is 0.722. The van der Waals surface area contributed by atoms with E-state index in [1.807, 2.05) is 13.8 Å². The van der Waals surface area contributed by atoms with Crippen molar-refractivity contribution >= 4 is 15.9 Å². The zero-order valence-corrected chi connectivity index (χ0v) is 16.0. The third-order valence-electron chi connectivity index (χ3n) is 4.01. The lowest BCUT2D eigenvalue weighted by molar-refractivity contribution is -0.131. The first-order valence-corrected chi connectivity index (χ1v) is 9.85. The van der Waals surface area contributed by atoms with E-state index < -0.39 is 10.0 Å². The van der Waals surface area contributed by atoms with E-state index in [-0.39, 0.29) is 29.8 Å². The van der Waals surface area contributed by atoms with Crippen LogP contribution in [0.4, 0.5) is 0 Å². The summed E-state index contributed by atoms with van der Waals surface area (Å²) in [6, 6.07) is 9.48. The molecule has 1 heterocycles. The molecular formula is C18H24N2O5S. The topological polar surface area (TPSA) is 88.8 Å². The Labute approximate surface area is 154 Å². The van der Waals surface area contributed by atoms with Gasteiger partial charge >= 0.3 is 0 Å². The fourth-order valence-corrected chi connectivity index (χ4v) is 3.40. The molecule has 0 aliphatic carbocycles. The third-order valence-corrected chi connectivity index (χ3v) is 5.48. The Kier molecular flexibility index (Phi) is 6.82. The summed E-state index contributed by atoms with van der Waals surface area (Å²) in [6.07, 6.45) is 1.60. The molecule has 1 N–H and O–H groups in total. The monoisotopic (exact) mass is 380 g/mol. The summed E-state index contributed by atoms with van der Waals surface area (Å²) < 4.78 is 37.6. The summed E-state index contributed by atoms with van der Waals surface area (Å²) in [4.78, 5) is 13.9. The molecule has 0 fully saturated rings. The predicted octanol–water partition coefficient (Wildman–Crippen LogP) is 2.57. The Hall–Kier alpha value is -2.32. The molecule has 0 radical (unpaired) electrons. The second kappa shape index (κ2) is 8.86. The van der Waals surface area contributed by atoms with Gasteiger partial charge in [0.25, 0.3) is 0 Å². The zero-order chi connectivity index (χ0) is 19.2. The third kappa shape index (κ3) is 5.09. The predicted molar refractivity (Wildman–Crippen MR) is 97.3 cm³/mol. The maximum atomic E-state index is 12.3. The van der Waals surface area contributed by atoms with Gasteiger partial charge in [-0.25, -0.2) is 13.1 Å². The average Bonchev–Trinajstić information content (AvgIpc) is 3.15. The Morgan fingerprint density at radius 3 is 2.54 bits per heavy atom. The minimum Gasteiger partial charge on any atom is -0.494 e. The first-order chi connectivity index (χ1) is 12.3. The molecule has 7 nitrogen and oxygen atoms in total. The smallest absolute Gasteiger partial charge is 0.240 e. The van der Waals surface area contributed by atoms with Crippen molar-refractivity contribution in [3.05, 3.63) is 48.4 Å². The van der Waals surface area contributed by atoms with Crippen LogP contribution in [0, 0.1) is 0 Å². The summed E-state index contributed by atoms with van der Waals surface area (Å²) in [6.45, 7) is 4.23. The van der Waals surface area contributed by atoms with E-state index in [2.05, 4.69) is 4.72 Å². The van der Waals surface area contributed by atoms with Gasteiger partial charge in [-0.1, -0.05) is 0 Å². The molecule has 1 unspecified atom stereocenters. The van der Waals surface area contributed by atoms with Crippen LogP contribution < -0.4 is 9.46 Å². The van der Waals surface area contributed by atoms with E-state index in [1.54, 1.807) is 37.6 Å². The van der Waals surface area contributed by atoms with Crippen LogP contribution in [-0.2, 0) is 14.8 Å². The normalized spacial score (nSPS) is 12.6. The summed E-state index contributed by atoms with van der Waals surface area (Å²) in [5, 5.41) is 0. The van der Waals surface area contributed by atoms with Crippen molar-refractivity contribution in [2.24, 2.45) is 0 Å². The van der Waals surface area contributed by atoms with E-state index in [4.69, 9.17) is 9.15 Å². The van der Waals surface area contributed by atoms with E-state index in [0.717, 1.165) is 0 Å². The lowest BCUT2D eigenvalue weighted by Gasteiger charge is -2.23. The SMILES string of the molecule is CCOc1ccc(S(=O)(=O)NCCC(=O)N(C)C(C)c2ccco2)cc1. The van der Waals surface area contributed by atoms with Crippen LogP contribution in [0.25, 0.3) is 0 Å². The molecule has 0 spiro atoms. The second-order valence-corrected chi connectivity index (χ2v) is 7.52. The molecule has 1 aromatic heterocycles. The first kappa shape index (κ1) is 20.0. The fraction of sp³-hybridized carbons (Fsp3) is 0.389. The van der Waals surface area contributed by atoms with Crippen molar-refractivity contribution in [2.75, 3.05) is 20.2 Å². The number of sulfonamides is 1.